The molecule has 0 aromatic heterocycles. The summed E-state index contributed by atoms with van der Waals surface area (Å²) in [5.41, 5.74) is 0. The molecule has 0 amide bonds. The van der Waals surface area contributed by atoms with Gasteiger partial charge in [-0.05, 0) is 37.1 Å². The van der Waals surface area contributed by atoms with Crippen molar-refractivity contribution in [3.05, 3.63) is 29.3 Å². The third kappa shape index (κ3) is 3.96. The summed E-state index contributed by atoms with van der Waals surface area (Å²) in [5.74, 6) is -1.70. The van der Waals surface area contributed by atoms with Gasteiger partial charge >= 0.3 is 11.9 Å². The fraction of sp³-hybridized carbons (Fsp3) is 0.500. The van der Waals surface area contributed by atoms with Crippen LogP contribution in [0.5, 0.6) is 0 Å². The lowest BCUT2D eigenvalue weighted by Crippen LogP contribution is -2.43. The highest BCUT2D eigenvalue weighted by molar-refractivity contribution is 7.89. The van der Waals surface area contributed by atoms with Crippen LogP contribution in [0.25, 0.3) is 0 Å². The summed E-state index contributed by atoms with van der Waals surface area (Å²) in [6, 6.07) is 5.90. The molecule has 0 radical (unpaired) electrons. The third-order valence-corrected chi connectivity index (χ3v) is 6.45. The second-order valence-corrected chi connectivity index (χ2v) is 8.41. The summed E-state index contributed by atoms with van der Waals surface area (Å²) in [5, 5.41) is 0.447. The van der Waals surface area contributed by atoms with E-state index in [1.165, 1.54) is 28.6 Å². The highest BCUT2D eigenvalue weighted by Crippen LogP contribution is 2.26. The first-order chi connectivity index (χ1) is 11.9. The number of esters is 2. The van der Waals surface area contributed by atoms with Crippen molar-refractivity contribution in [1.29, 1.82) is 0 Å². The number of halogens is 1. The van der Waals surface area contributed by atoms with Gasteiger partial charge in [0, 0.05) is 24.5 Å². The molecule has 0 N–H and O–H groups in total. The lowest BCUT2D eigenvalue weighted by atomic mass is 10.00. The fourth-order valence-corrected chi connectivity index (χ4v) is 4.58. The van der Waals surface area contributed by atoms with Gasteiger partial charge in [-0.3, -0.25) is 4.79 Å². The second kappa shape index (κ2) is 7.31. The predicted molar refractivity (Wildman–Crippen MR) is 88.4 cm³/mol. The van der Waals surface area contributed by atoms with Crippen molar-refractivity contribution in [3.8, 4) is 0 Å². The zero-order valence-electron chi connectivity index (χ0n) is 13.4. The van der Waals surface area contributed by atoms with Gasteiger partial charge in [-0.15, -0.1) is 0 Å². The van der Waals surface area contributed by atoms with Crippen molar-refractivity contribution in [3.63, 3.8) is 0 Å². The van der Waals surface area contributed by atoms with E-state index >= 15 is 0 Å². The first-order valence-electron chi connectivity index (χ1n) is 8.01. The van der Waals surface area contributed by atoms with E-state index in [1.54, 1.807) is 0 Å². The van der Waals surface area contributed by atoms with Crippen LogP contribution in [0.3, 0.4) is 0 Å². The van der Waals surface area contributed by atoms with Crippen LogP contribution in [0.4, 0.5) is 0 Å². The SMILES string of the molecule is O=C(O[C@@H]1CCOC1=O)[C@H]1CCCN(S(=O)(=O)c2ccc(Cl)cc2)C1. The molecule has 25 heavy (non-hydrogen) atoms. The van der Waals surface area contributed by atoms with Crippen LogP contribution in [0.15, 0.2) is 29.2 Å². The number of rotatable bonds is 4. The lowest BCUT2D eigenvalue weighted by Gasteiger charge is -2.31. The van der Waals surface area contributed by atoms with Crippen LogP contribution < -0.4 is 0 Å². The van der Waals surface area contributed by atoms with E-state index in [2.05, 4.69) is 0 Å². The number of carbonyl (C=O) groups excluding carboxylic acids is 2. The van der Waals surface area contributed by atoms with Crippen molar-refractivity contribution < 1.29 is 27.5 Å². The zero-order chi connectivity index (χ0) is 18.0. The van der Waals surface area contributed by atoms with E-state index in [0.29, 0.717) is 30.8 Å². The fourth-order valence-electron chi connectivity index (χ4n) is 2.93. The van der Waals surface area contributed by atoms with E-state index in [-0.39, 0.29) is 18.0 Å². The maximum absolute atomic E-state index is 12.7. The van der Waals surface area contributed by atoms with Crippen LogP contribution in [0.2, 0.25) is 5.02 Å². The molecule has 2 saturated heterocycles. The third-order valence-electron chi connectivity index (χ3n) is 4.31. The number of nitrogens with zero attached hydrogens (tertiary/aromatic N) is 1. The molecule has 0 aliphatic carbocycles. The van der Waals surface area contributed by atoms with Gasteiger partial charge in [0.2, 0.25) is 16.1 Å². The van der Waals surface area contributed by atoms with Crippen LogP contribution >= 0.6 is 11.6 Å². The Morgan fingerprint density at radius 1 is 1.24 bits per heavy atom. The maximum atomic E-state index is 12.7. The quantitative estimate of drug-likeness (QED) is 0.729. The molecule has 0 spiro atoms. The van der Waals surface area contributed by atoms with Gasteiger partial charge in [0.05, 0.1) is 17.4 Å². The number of cyclic esters (lactones) is 1. The molecule has 7 nitrogen and oxygen atoms in total. The van der Waals surface area contributed by atoms with Gasteiger partial charge in [0.25, 0.3) is 0 Å². The van der Waals surface area contributed by atoms with Crippen LogP contribution in [-0.2, 0) is 29.1 Å². The highest BCUT2D eigenvalue weighted by Gasteiger charge is 2.37. The van der Waals surface area contributed by atoms with Crippen LogP contribution in [0, 0.1) is 5.92 Å². The van der Waals surface area contributed by atoms with Gasteiger partial charge in [-0.25, -0.2) is 13.2 Å². The Kier molecular flexibility index (Phi) is 5.31. The molecular formula is C16H18ClNO6S. The molecule has 2 aliphatic rings. The molecular weight excluding hydrogens is 370 g/mol. The molecule has 136 valence electrons. The average molecular weight is 388 g/mol. The number of hydrogen-bond acceptors (Lipinski definition) is 6. The first-order valence-corrected chi connectivity index (χ1v) is 9.82. The molecule has 1 aromatic carbocycles. The van der Waals surface area contributed by atoms with E-state index in [4.69, 9.17) is 21.1 Å². The molecule has 2 atom stereocenters. The topological polar surface area (TPSA) is 90.0 Å². The molecule has 1 aromatic rings. The number of carbonyl (C=O) groups is 2. The normalized spacial score (nSPS) is 24.8. The number of benzene rings is 1. The monoisotopic (exact) mass is 387 g/mol. The summed E-state index contributed by atoms with van der Waals surface area (Å²) in [4.78, 5) is 23.8. The Balaban J connectivity index is 1.68. The van der Waals surface area contributed by atoms with Crippen molar-refractivity contribution in [2.45, 2.75) is 30.3 Å². The van der Waals surface area contributed by atoms with Gasteiger partial charge in [0.1, 0.15) is 0 Å². The van der Waals surface area contributed by atoms with Crippen LogP contribution in [0.1, 0.15) is 19.3 Å². The lowest BCUT2D eigenvalue weighted by molar-refractivity contribution is -0.164. The molecule has 0 unspecified atom stereocenters. The molecule has 0 saturated carbocycles. The number of piperidine rings is 1. The molecule has 2 fully saturated rings. The summed E-state index contributed by atoms with van der Waals surface area (Å²) in [6.45, 7) is 0.601. The van der Waals surface area contributed by atoms with Gasteiger partial charge < -0.3 is 9.47 Å². The van der Waals surface area contributed by atoms with Crippen molar-refractivity contribution in [2.75, 3.05) is 19.7 Å². The standard InChI is InChI=1S/C16H18ClNO6S/c17-12-3-5-13(6-4-12)25(21,22)18-8-1-2-11(10-18)15(19)24-14-7-9-23-16(14)20/h3-6,11,14H,1-2,7-10H2/t11-,14+/m0/s1. The summed E-state index contributed by atoms with van der Waals surface area (Å²) in [7, 11) is -3.71. The largest absolute Gasteiger partial charge is 0.463 e. The molecule has 9 heteroatoms. The summed E-state index contributed by atoms with van der Waals surface area (Å²) < 4.78 is 36.7. The molecule has 0 bridgehead atoms. The Hall–Kier alpha value is -1.64. The van der Waals surface area contributed by atoms with E-state index in [0.717, 1.165) is 0 Å². The number of sulfonamides is 1. The first kappa shape index (κ1) is 18.2. The Morgan fingerprint density at radius 2 is 1.96 bits per heavy atom. The van der Waals surface area contributed by atoms with Gasteiger partial charge in [0.15, 0.2) is 0 Å². The van der Waals surface area contributed by atoms with Crippen molar-refractivity contribution in [1.82, 2.24) is 4.31 Å². The van der Waals surface area contributed by atoms with Crippen molar-refractivity contribution in [2.24, 2.45) is 5.92 Å². The highest BCUT2D eigenvalue weighted by atomic mass is 35.5. The minimum absolute atomic E-state index is 0.0333. The Labute approximate surface area is 150 Å². The number of ether oxygens (including phenoxy) is 2. The summed E-state index contributed by atoms with van der Waals surface area (Å²) in [6.07, 6.45) is 0.523. The second-order valence-electron chi connectivity index (χ2n) is 6.04. The van der Waals surface area contributed by atoms with Crippen molar-refractivity contribution >= 4 is 33.6 Å². The molecule has 2 heterocycles. The smallest absolute Gasteiger partial charge is 0.347 e. The summed E-state index contributed by atoms with van der Waals surface area (Å²) >= 11 is 5.80. The molecule has 2 aliphatic heterocycles. The average Bonchev–Trinajstić information content (AvgIpc) is 3.00. The van der Waals surface area contributed by atoms with Gasteiger partial charge in [-0.2, -0.15) is 4.31 Å². The molecule has 3 rings (SSSR count). The predicted octanol–water partition coefficient (Wildman–Crippen LogP) is 1.60. The zero-order valence-corrected chi connectivity index (χ0v) is 15.0. The maximum Gasteiger partial charge on any atom is 0.347 e. The van der Waals surface area contributed by atoms with E-state index in [1.807, 2.05) is 0 Å². The number of hydrogen-bond donors (Lipinski definition) is 0. The minimum atomic E-state index is -3.71. The van der Waals surface area contributed by atoms with E-state index in [9.17, 15) is 18.0 Å². The Morgan fingerprint density at radius 3 is 2.60 bits per heavy atom. The Bertz CT molecular complexity index is 763. The van der Waals surface area contributed by atoms with Gasteiger partial charge in [-0.1, -0.05) is 11.6 Å². The van der Waals surface area contributed by atoms with E-state index < -0.39 is 34.0 Å². The van der Waals surface area contributed by atoms with Crippen LogP contribution in [-0.4, -0.2) is 50.5 Å². The minimum Gasteiger partial charge on any atom is -0.463 e.